The largest absolute Gasteiger partial charge is 0.369 e. The first-order chi connectivity index (χ1) is 9.53. The highest BCUT2D eigenvalue weighted by Crippen LogP contribution is 2.20. The van der Waals surface area contributed by atoms with Crippen molar-refractivity contribution >= 4 is 23.3 Å². The summed E-state index contributed by atoms with van der Waals surface area (Å²) in [6.45, 7) is 7.26. The molecule has 1 amide bonds. The highest BCUT2D eigenvalue weighted by atomic mass is 35.5. The molecule has 1 N–H and O–H groups in total. The number of hydrogen-bond acceptors (Lipinski definition) is 4. The van der Waals surface area contributed by atoms with Crippen LogP contribution in [0.2, 0.25) is 5.02 Å². The third-order valence-electron chi connectivity index (χ3n) is 2.82. The Morgan fingerprint density at radius 1 is 1.60 bits per heavy atom. The number of halogens is 1. The van der Waals surface area contributed by atoms with Gasteiger partial charge in [-0.3, -0.25) is 4.79 Å². The normalized spacial score (nSPS) is 11.6. The quantitative estimate of drug-likeness (QED) is 0.876. The number of nitriles is 1. The second-order valence-corrected chi connectivity index (χ2v) is 4.87. The van der Waals surface area contributed by atoms with Crippen LogP contribution in [0.15, 0.2) is 12.3 Å². The number of aromatic nitrogens is 1. The molecule has 1 aromatic rings. The standard InChI is InChI=1S/C14H19ClN4O/c1-4-17-13-12(15)6-11(8-18-13)14(20)19(5-2)9-10(3)7-16/h6,8,10H,4-5,9H2,1-3H3,(H,17,18). The van der Waals surface area contributed by atoms with Crippen LogP contribution >= 0.6 is 11.6 Å². The summed E-state index contributed by atoms with van der Waals surface area (Å²) in [5, 5.41) is 12.3. The molecule has 1 heterocycles. The minimum absolute atomic E-state index is 0.160. The molecule has 1 rings (SSSR count). The molecule has 1 atom stereocenters. The Balaban J connectivity index is 2.90. The molecule has 1 unspecified atom stereocenters. The molecular formula is C14H19ClN4O. The summed E-state index contributed by atoms with van der Waals surface area (Å²) in [4.78, 5) is 18.1. The van der Waals surface area contributed by atoms with Crippen LogP contribution in [0, 0.1) is 17.2 Å². The first-order valence-electron chi connectivity index (χ1n) is 6.61. The lowest BCUT2D eigenvalue weighted by molar-refractivity contribution is 0.0752. The average Bonchev–Trinajstić information content (AvgIpc) is 2.46. The Bertz CT molecular complexity index is 512. The van der Waals surface area contributed by atoms with Gasteiger partial charge in [-0.05, 0) is 26.8 Å². The molecule has 0 aromatic carbocycles. The molecule has 0 spiro atoms. The van der Waals surface area contributed by atoms with Gasteiger partial charge in [0, 0.05) is 25.8 Å². The lowest BCUT2D eigenvalue weighted by Crippen LogP contribution is -2.34. The van der Waals surface area contributed by atoms with E-state index in [1.54, 1.807) is 17.9 Å². The van der Waals surface area contributed by atoms with Gasteiger partial charge < -0.3 is 10.2 Å². The number of hydrogen-bond donors (Lipinski definition) is 1. The van der Waals surface area contributed by atoms with Crippen molar-refractivity contribution in [1.82, 2.24) is 9.88 Å². The molecule has 0 aliphatic rings. The smallest absolute Gasteiger partial charge is 0.255 e. The van der Waals surface area contributed by atoms with Crippen LogP contribution in [0.4, 0.5) is 5.82 Å². The summed E-state index contributed by atoms with van der Waals surface area (Å²) < 4.78 is 0. The number of nitrogens with zero attached hydrogens (tertiary/aromatic N) is 3. The number of nitrogens with one attached hydrogen (secondary N) is 1. The summed E-state index contributed by atoms with van der Waals surface area (Å²) in [5.74, 6) is 0.203. The van der Waals surface area contributed by atoms with Crippen molar-refractivity contribution in [3.8, 4) is 6.07 Å². The third-order valence-corrected chi connectivity index (χ3v) is 3.10. The molecule has 0 radical (unpaired) electrons. The molecule has 0 saturated carbocycles. The van der Waals surface area contributed by atoms with E-state index in [2.05, 4.69) is 16.4 Å². The molecule has 108 valence electrons. The van der Waals surface area contributed by atoms with Crippen molar-refractivity contribution in [3.05, 3.63) is 22.8 Å². The van der Waals surface area contributed by atoms with E-state index in [1.807, 2.05) is 13.8 Å². The van der Waals surface area contributed by atoms with E-state index >= 15 is 0 Å². The Labute approximate surface area is 124 Å². The third kappa shape index (κ3) is 4.10. The zero-order valence-corrected chi connectivity index (χ0v) is 12.7. The summed E-state index contributed by atoms with van der Waals surface area (Å²) in [6.07, 6.45) is 1.51. The van der Waals surface area contributed by atoms with Gasteiger partial charge in [0.15, 0.2) is 0 Å². The lowest BCUT2D eigenvalue weighted by atomic mass is 10.1. The van der Waals surface area contributed by atoms with Gasteiger partial charge in [0.1, 0.15) is 5.82 Å². The van der Waals surface area contributed by atoms with Gasteiger partial charge in [-0.25, -0.2) is 4.98 Å². The molecule has 1 aromatic heterocycles. The number of carbonyl (C=O) groups is 1. The minimum atomic E-state index is -0.205. The number of anilines is 1. The summed E-state index contributed by atoms with van der Waals surface area (Å²) in [6, 6.07) is 3.73. The van der Waals surface area contributed by atoms with Crippen LogP contribution in [0.3, 0.4) is 0 Å². The van der Waals surface area contributed by atoms with Crippen LogP contribution in [-0.2, 0) is 0 Å². The van der Waals surface area contributed by atoms with Gasteiger partial charge in [0.05, 0.1) is 22.6 Å². The fourth-order valence-corrected chi connectivity index (χ4v) is 2.00. The van der Waals surface area contributed by atoms with Crippen LogP contribution in [0.5, 0.6) is 0 Å². The fraction of sp³-hybridized carbons (Fsp3) is 0.500. The maximum absolute atomic E-state index is 12.3. The van der Waals surface area contributed by atoms with E-state index in [0.29, 0.717) is 36.0 Å². The first kappa shape index (κ1) is 16.3. The van der Waals surface area contributed by atoms with E-state index in [-0.39, 0.29) is 11.8 Å². The molecule has 0 aliphatic carbocycles. The van der Waals surface area contributed by atoms with Crippen molar-refractivity contribution in [2.45, 2.75) is 20.8 Å². The molecule has 6 heteroatoms. The van der Waals surface area contributed by atoms with Gasteiger partial charge >= 0.3 is 0 Å². The molecular weight excluding hydrogens is 276 g/mol. The van der Waals surface area contributed by atoms with E-state index in [1.165, 1.54) is 6.20 Å². The molecule has 0 saturated heterocycles. The van der Waals surface area contributed by atoms with Gasteiger partial charge in [-0.15, -0.1) is 0 Å². The zero-order chi connectivity index (χ0) is 15.1. The first-order valence-corrected chi connectivity index (χ1v) is 6.99. The predicted octanol–water partition coefficient (Wildman–Crippen LogP) is 2.79. The molecule has 0 aliphatic heterocycles. The Hall–Kier alpha value is -1.80. The minimum Gasteiger partial charge on any atom is -0.369 e. The van der Waals surface area contributed by atoms with E-state index < -0.39 is 0 Å². The summed E-state index contributed by atoms with van der Waals surface area (Å²) in [7, 11) is 0. The Morgan fingerprint density at radius 3 is 2.80 bits per heavy atom. The summed E-state index contributed by atoms with van der Waals surface area (Å²) >= 11 is 6.09. The highest BCUT2D eigenvalue weighted by Gasteiger charge is 2.18. The van der Waals surface area contributed by atoms with Crippen molar-refractivity contribution in [1.29, 1.82) is 5.26 Å². The van der Waals surface area contributed by atoms with E-state index in [4.69, 9.17) is 16.9 Å². The van der Waals surface area contributed by atoms with Crippen molar-refractivity contribution in [3.63, 3.8) is 0 Å². The van der Waals surface area contributed by atoms with Crippen LogP contribution in [0.25, 0.3) is 0 Å². The topological polar surface area (TPSA) is 69.0 Å². The second-order valence-electron chi connectivity index (χ2n) is 4.46. The number of pyridine rings is 1. The predicted molar refractivity (Wildman–Crippen MR) is 79.8 cm³/mol. The Kier molecular flexibility index (Phi) is 6.26. The fourth-order valence-electron chi connectivity index (χ4n) is 1.76. The summed E-state index contributed by atoms with van der Waals surface area (Å²) in [5.41, 5.74) is 0.434. The SMILES string of the molecule is CCNc1ncc(C(=O)N(CC)CC(C)C#N)cc1Cl. The van der Waals surface area contributed by atoms with Crippen LogP contribution < -0.4 is 5.32 Å². The van der Waals surface area contributed by atoms with Crippen LogP contribution in [-0.4, -0.2) is 35.4 Å². The average molecular weight is 295 g/mol. The monoisotopic (exact) mass is 294 g/mol. The number of amides is 1. The zero-order valence-electron chi connectivity index (χ0n) is 12.0. The molecule has 20 heavy (non-hydrogen) atoms. The van der Waals surface area contributed by atoms with E-state index in [9.17, 15) is 4.79 Å². The molecule has 0 fully saturated rings. The lowest BCUT2D eigenvalue weighted by Gasteiger charge is -2.22. The molecule has 0 bridgehead atoms. The van der Waals surface area contributed by atoms with Crippen LogP contribution in [0.1, 0.15) is 31.1 Å². The van der Waals surface area contributed by atoms with Gasteiger partial charge in [0.2, 0.25) is 0 Å². The van der Waals surface area contributed by atoms with Gasteiger partial charge in [-0.1, -0.05) is 11.6 Å². The number of rotatable bonds is 6. The second kappa shape index (κ2) is 7.71. The van der Waals surface area contributed by atoms with Crippen molar-refractivity contribution in [2.75, 3.05) is 25.0 Å². The highest BCUT2D eigenvalue weighted by molar-refractivity contribution is 6.33. The Morgan fingerprint density at radius 2 is 2.30 bits per heavy atom. The van der Waals surface area contributed by atoms with Crippen molar-refractivity contribution in [2.24, 2.45) is 5.92 Å². The van der Waals surface area contributed by atoms with E-state index in [0.717, 1.165) is 0 Å². The maximum Gasteiger partial charge on any atom is 0.255 e. The molecule has 5 nitrogen and oxygen atoms in total. The van der Waals surface area contributed by atoms with Crippen molar-refractivity contribution < 1.29 is 4.79 Å². The van der Waals surface area contributed by atoms with Gasteiger partial charge in [-0.2, -0.15) is 5.26 Å². The number of carbonyl (C=O) groups excluding carboxylic acids is 1. The van der Waals surface area contributed by atoms with Gasteiger partial charge in [0.25, 0.3) is 5.91 Å². The maximum atomic E-state index is 12.3.